The van der Waals surface area contributed by atoms with Gasteiger partial charge in [0.15, 0.2) is 17.5 Å². The maximum atomic E-state index is 13.0. The fourth-order valence-electron chi connectivity index (χ4n) is 1.66. The van der Waals surface area contributed by atoms with E-state index in [1.807, 2.05) is 24.3 Å². The molecular formula is C16H12F3Si. The molecule has 0 aliphatic heterocycles. The first-order valence-electron chi connectivity index (χ1n) is 6.04. The molecule has 0 N–H and O–H groups in total. The summed E-state index contributed by atoms with van der Waals surface area (Å²) in [5, 5.41) is 1.29. The van der Waals surface area contributed by atoms with E-state index in [-0.39, 0.29) is 5.56 Å². The highest BCUT2D eigenvalue weighted by Crippen LogP contribution is 2.12. The average molecular weight is 289 g/mol. The molecule has 0 aliphatic carbocycles. The van der Waals surface area contributed by atoms with Gasteiger partial charge in [-0.25, -0.2) is 13.2 Å². The smallest absolute Gasteiger partial charge is 0.194 e. The molecule has 0 aromatic heterocycles. The second-order valence-corrected chi connectivity index (χ2v) is 7.16. The summed E-state index contributed by atoms with van der Waals surface area (Å²) in [6, 6.07) is 9.53. The number of hydrogen-bond donors (Lipinski definition) is 0. The Hall–Kier alpha value is -1.99. The molecule has 0 amide bonds. The summed E-state index contributed by atoms with van der Waals surface area (Å²) in [6.07, 6.45) is 0. The second-order valence-electron chi connectivity index (χ2n) is 4.58. The Morgan fingerprint density at radius 3 is 1.80 bits per heavy atom. The lowest BCUT2D eigenvalue weighted by atomic mass is 10.1. The quantitative estimate of drug-likeness (QED) is 0.428. The molecule has 0 fully saturated rings. The molecule has 0 spiro atoms. The van der Waals surface area contributed by atoms with Crippen LogP contribution >= 0.6 is 0 Å². The first-order chi connectivity index (χ1) is 9.47. The zero-order valence-corrected chi connectivity index (χ0v) is 12.1. The molecule has 1 radical (unpaired) electrons. The van der Waals surface area contributed by atoms with Gasteiger partial charge in [-0.3, -0.25) is 0 Å². The van der Waals surface area contributed by atoms with Gasteiger partial charge in [0.05, 0.1) is 8.80 Å². The number of halogens is 3. The Kier molecular flexibility index (Phi) is 4.31. The molecule has 0 heterocycles. The van der Waals surface area contributed by atoms with Gasteiger partial charge in [0.1, 0.15) is 0 Å². The van der Waals surface area contributed by atoms with E-state index in [2.05, 4.69) is 24.9 Å². The minimum absolute atomic E-state index is 0.112. The van der Waals surface area contributed by atoms with Crippen molar-refractivity contribution in [3.8, 4) is 11.8 Å². The van der Waals surface area contributed by atoms with Crippen molar-refractivity contribution in [1.29, 1.82) is 0 Å². The van der Waals surface area contributed by atoms with Gasteiger partial charge in [-0.15, -0.1) is 0 Å². The van der Waals surface area contributed by atoms with Crippen LogP contribution in [-0.4, -0.2) is 8.80 Å². The molecule has 4 heteroatoms. The first-order valence-corrected chi connectivity index (χ1v) is 8.54. The van der Waals surface area contributed by atoms with Gasteiger partial charge < -0.3 is 0 Å². The molecule has 0 bridgehead atoms. The summed E-state index contributed by atoms with van der Waals surface area (Å²) in [7, 11) is -0.500. The predicted molar refractivity (Wildman–Crippen MR) is 75.9 cm³/mol. The van der Waals surface area contributed by atoms with Crippen molar-refractivity contribution in [2.75, 3.05) is 0 Å². The zero-order valence-electron chi connectivity index (χ0n) is 11.1. The van der Waals surface area contributed by atoms with Crippen molar-refractivity contribution < 1.29 is 13.2 Å². The van der Waals surface area contributed by atoms with E-state index < -0.39 is 26.2 Å². The lowest BCUT2D eigenvalue weighted by Gasteiger charge is -2.02. The highest BCUT2D eigenvalue weighted by Gasteiger charge is 2.09. The topological polar surface area (TPSA) is 0 Å². The van der Waals surface area contributed by atoms with Gasteiger partial charge >= 0.3 is 0 Å². The summed E-state index contributed by atoms with van der Waals surface area (Å²) >= 11 is 0. The van der Waals surface area contributed by atoms with Crippen molar-refractivity contribution in [3.05, 3.63) is 65.0 Å². The van der Waals surface area contributed by atoms with Crippen LogP contribution in [0.3, 0.4) is 0 Å². The van der Waals surface area contributed by atoms with Crippen LogP contribution in [0.5, 0.6) is 0 Å². The molecule has 0 unspecified atom stereocenters. The van der Waals surface area contributed by atoms with Crippen LogP contribution < -0.4 is 5.19 Å². The van der Waals surface area contributed by atoms with Gasteiger partial charge in [-0.05, 0) is 24.3 Å². The van der Waals surface area contributed by atoms with E-state index in [4.69, 9.17) is 0 Å². The number of rotatable bonds is 1. The Balaban J connectivity index is 2.27. The lowest BCUT2D eigenvalue weighted by molar-refractivity contribution is 0.446. The minimum Gasteiger partial charge on any atom is -0.204 e. The maximum absolute atomic E-state index is 13.0. The third-order valence-electron chi connectivity index (χ3n) is 2.80. The normalized spacial score (nSPS) is 10.3. The predicted octanol–water partition coefficient (Wildman–Crippen LogP) is 3.47. The molecule has 20 heavy (non-hydrogen) atoms. The molecule has 2 aromatic carbocycles. The highest BCUT2D eigenvalue weighted by molar-refractivity contribution is 6.70. The van der Waals surface area contributed by atoms with Crippen LogP contribution in [0, 0.1) is 29.3 Å². The highest BCUT2D eigenvalue weighted by atomic mass is 28.3. The number of benzene rings is 2. The minimum atomic E-state index is -1.47. The summed E-state index contributed by atoms with van der Waals surface area (Å²) < 4.78 is 38.9. The van der Waals surface area contributed by atoms with Crippen LogP contribution in [0.1, 0.15) is 11.1 Å². The third-order valence-corrected chi connectivity index (χ3v) is 4.29. The number of hydrogen-bond acceptors (Lipinski definition) is 0. The van der Waals surface area contributed by atoms with Crippen molar-refractivity contribution in [2.45, 2.75) is 13.1 Å². The molecule has 0 saturated carbocycles. The maximum Gasteiger partial charge on any atom is 0.194 e. The monoisotopic (exact) mass is 289 g/mol. The van der Waals surface area contributed by atoms with Crippen LogP contribution in [0.2, 0.25) is 13.1 Å². The van der Waals surface area contributed by atoms with E-state index >= 15 is 0 Å². The fraction of sp³-hybridized carbons (Fsp3) is 0.125. The summed E-state index contributed by atoms with van der Waals surface area (Å²) in [5.74, 6) is 1.51. The first kappa shape index (κ1) is 14.4. The molecule has 0 aliphatic rings. The van der Waals surface area contributed by atoms with Crippen LogP contribution in [-0.2, 0) is 0 Å². The molecule has 2 rings (SSSR count). The SMILES string of the molecule is C[Si](C)c1ccc(C#Cc2cc(F)c(F)c(F)c2)cc1. The zero-order chi connectivity index (χ0) is 14.7. The van der Waals surface area contributed by atoms with Crippen molar-refractivity contribution in [3.63, 3.8) is 0 Å². The fourth-order valence-corrected chi connectivity index (χ4v) is 2.49. The van der Waals surface area contributed by atoms with E-state index in [1.165, 1.54) is 5.19 Å². The van der Waals surface area contributed by atoms with Gasteiger partial charge in [0.25, 0.3) is 0 Å². The van der Waals surface area contributed by atoms with Gasteiger partial charge in [0, 0.05) is 11.1 Å². The summed E-state index contributed by atoms with van der Waals surface area (Å²) in [4.78, 5) is 0. The average Bonchev–Trinajstić information content (AvgIpc) is 2.42. The van der Waals surface area contributed by atoms with E-state index in [9.17, 15) is 13.2 Å². The lowest BCUT2D eigenvalue weighted by Crippen LogP contribution is -2.21. The van der Waals surface area contributed by atoms with E-state index in [0.29, 0.717) is 0 Å². The van der Waals surface area contributed by atoms with Crippen molar-refractivity contribution in [2.24, 2.45) is 0 Å². The van der Waals surface area contributed by atoms with Gasteiger partial charge in [0.2, 0.25) is 0 Å². The Bertz CT molecular complexity index is 656. The van der Waals surface area contributed by atoms with E-state index in [0.717, 1.165) is 17.7 Å². The standard InChI is InChI=1S/C16H12F3Si/c1-20(2)13-7-5-11(6-8-13)3-4-12-9-14(17)16(19)15(18)10-12/h5-10H,1-2H3. The molecule has 0 atom stereocenters. The molecule has 2 aromatic rings. The van der Waals surface area contributed by atoms with Crippen LogP contribution in [0.15, 0.2) is 36.4 Å². The Morgan fingerprint density at radius 2 is 1.30 bits per heavy atom. The summed E-state index contributed by atoms with van der Waals surface area (Å²) in [6.45, 7) is 4.38. The second kappa shape index (κ2) is 5.97. The summed E-state index contributed by atoms with van der Waals surface area (Å²) in [5.41, 5.74) is 0.864. The molecule has 0 nitrogen and oxygen atoms in total. The van der Waals surface area contributed by atoms with Crippen LogP contribution in [0.25, 0.3) is 0 Å². The van der Waals surface area contributed by atoms with E-state index in [1.54, 1.807) is 0 Å². The van der Waals surface area contributed by atoms with Crippen LogP contribution in [0.4, 0.5) is 13.2 Å². The largest absolute Gasteiger partial charge is 0.204 e. The van der Waals surface area contributed by atoms with Crippen molar-refractivity contribution in [1.82, 2.24) is 0 Å². The molecule has 101 valence electrons. The Labute approximate surface area is 117 Å². The molecule has 0 saturated heterocycles. The van der Waals surface area contributed by atoms with Crippen molar-refractivity contribution >= 4 is 14.0 Å². The van der Waals surface area contributed by atoms with Gasteiger partial charge in [-0.1, -0.05) is 42.3 Å². The molecular weight excluding hydrogens is 277 g/mol. The Morgan fingerprint density at radius 1 is 0.800 bits per heavy atom. The van der Waals surface area contributed by atoms with Gasteiger partial charge in [-0.2, -0.15) is 0 Å². The third kappa shape index (κ3) is 3.31.